The Balaban J connectivity index is 1.50. The highest BCUT2D eigenvalue weighted by Crippen LogP contribution is 2.14. The summed E-state index contributed by atoms with van der Waals surface area (Å²) in [4.78, 5) is 18.9. The summed E-state index contributed by atoms with van der Waals surface area (Å²) >= 11 is 0. The van der Waals surface area contributed by atoms with E-state index < -0.39 is 0 Å². The van der Waals surface area contributed by atoms with E-state index in [4.69, 9.17) is 10.5 Å². The van der Waals surface area contributed by atoms with Crippen molar-refractivity contribution in [2.24, 2.45) is 10.7 Å². The second kappa shape index (κ2) is 10.8. The Bertz CT molecular complexity index is 871. The molecular weight excluding hydrogens is 378 g/mol. The number of aliphatic imine (C=N–C) groups is 1. The zero-order chi connectivity index (χ0) is 21.3. The molecule has 0 atom stereocenters. The number of carbonyl (C=O) groups excluding carboxylic acids is 1. The number of hydrogen-bond donors (Lipinski definition) is 3. The monoisotopic (exact) mass is 409 g/mol. The molecule has 1 fully saturated rings. The van der Waals surface area contributed by atoms with E-state index in [-0.39, 0.29) is 5.91 Å². The Morgan fingerprint density at radius 1 is 1.07 bits per heavy atom. The fraction of sp³-hybridized carbons (Fsp3) is 0.391. The van der Waals surface area contributed by atoms with Gasteiger partial charge >= 0.3 is 0 Å². The first kappa shape index (κ1) is 21.8. The molecule has 0 aromatic heterocycles. The van der Waals surface area contributed by atoms with Gasteiger partial charge in [0.1, 0.15) is 0 Å². The highest BCUT2D eigenvalue weighted by Gasteiger charge is 2.12. The lowest BCUT2D eigenvalue weighted by molar-refractivity contribution is -0.116. The van der Waals surface area contributed by atoms with Gasteiger partial charge in [-0.25, -0.2) is 4.99 Å². The maximum atomic E-state index is 12.3. The van der Waals surface area contributed by atoms with Crippen molar-refractivity contribution >= 4 is 23.2 Å². The number of guanidine groups is 1. The number of aryl methyl sites for hydroxylation is 2. The van der Waals surface area contributed by atoms with E-state index in [1.165, 1.54) is 11.1 Å². The molecule has 7 nitrogen and oxygen atoms in total. The van der Waals surface area contributed by atoms with Crippen molar-refractivity contribution in [1.82, 2.24) is 4.90 Å². The summed E-state index contributed by atoms with van der Waals surface area (Å²) in [7, 11) is 0. The Morgan fingerprint density at radius 2 is 1.80 bits per heavy atom. The van der Waals surface area contributed by atoms with Crippen molar-refractivity contribution in [2.45, 2.75) is 26.8 Å². The van der Waals surface area contributed by atoms with Gasteiger partial charge in [-0.05, 0) is 54.8 Å². The Kier molecular flexibility index (Phi) is 7.82. The normalized spacial score (nSPS) is 15.1. The average Bonchev–Trinajstić information content (AvgIpc) is 2.71. The molecule has 0 spiro atoms. The third-order valence-corrected chi connectivity index (χ3v) is 4.90. The third-order valence-electron chi connectivity index (χ3n) is 4.90. The van der Waals surface area contributed by atoms with Crippen LogP contribution in [0.25, 0.3) is 0 Å². The number of ether oxygens (including phenoxy) is 1. The van der Waals surface area contributed by atoms with Gasteiger partial charge in [0.25, 0.3) is 0 Å². The van der Waals surface area contributed by atoms with Crippen LogP contribution in [-0.4, -0.2) is 49.6 Å². The number of anilines is 2. The fourth-order valence-electron chi connectivity index (χ4n) is 3.47. The van der Waals surface area contributed by atoms with Gasteiger partial charge in [0.05, 0.1) is 19.8 Å². The predicted molar refractivity (Wildman–Crippen MR) is 122 cm³/mol. The van der Waals surface area contributed by atoms with Gasteiger partial charge in [-0.1, -0.05) is 18.2 Å². The van der Waals surface area contributed by atoms with Crippen LogP contribution < -0.4 is 16.4 Å². The predicted octanol–water partition coefficient (Wildman–Crippen LogP) is 2.89. The van der Waals surface area contributed by atoms with Crippen molar-refractivity contribution in [3.05, 3.63) is 59.2 Å². The summed E-state index contributed by atoms with van der Waals surface area (Å²) in [5, 5.41) is 6.10. The van der Waals surface area contributed by atoms with Crippen molar-refractivity contribution in [3.63, 3.8) is 0 Å². The van der Waals surface area contributed by atoms with Gasteiger partial charge in [0.2, 0.25) is 5.91 Å². The third kappa shape index (κ3) is 7.17. The number of carbonyl (C=O) groups is 1. The molecule has 0 radical (unpaired) electrons. The Morgan fingerprint density at radius 3 is 2.53 bits per heavy atom. The van der Waals surface area contributed by atoms with Gasteiger partial charge in [-0.15, -0.1) is 0 Å². The van der Waals surface area contributed by atoms with E-state index in [1.807, 2.05) is 50.2 Å². The van der Waals surface area contributed by atoms with Crippen LogP contribution in [-0.2, 0) is 16.1 Å². The van der Waals surface area contributed by atoms with Gasteiger partial charge in [-0.2, -0.15) is 0 Å². The first-order chi connectivity index (χ1) is 14.5. The quantitative estimate of drug-likeness (QED) is 0.483. The summed E-state index contributed by atoms with van der Waals surface area (Å²) in [6, 6.07) is 13.9. The van der Waals surface area contributed by atoms with E-state index >= 15 is 0 Å². The van der Waals surface area contributed by atoms with Gasteiger partial charge < -0.3 is 21.1 Å². The van der Waals surface area contributed by atoms with Crippen LogP contribution in [0, 0.1) is 13.8 Å². The van der Waals surface area contributed by atoms with Crippen LogP contribution in [0.3, 0.4) is 0 Å². The average molecular weight is 410 g/mol. The summed E-state index contributed by atoms with van der Waals surface area (Å²) in [5.41, 5.74) is 11.1. The minimum Gasteiger partial charge on any atom is -0.379 e. The molecule has 0 saturated carbocycles. The zero-order valence-electron chi connectivity index (χ0n) is 17.8. The standard InChI is InChI=1S/C23H31N5O2/c1-17-12-18(2)14-21(13-17)27-23(24)25-16-19-4-3-5-20(15-19)26-22(29)6-7-28-8-10-30-11-9-28/h3-5,12-15H,6-11,16H2,1-2H3,(H,26,29)(H3,24,25,27). The van der Waals surface area contributed by atoms with E-state index in [9.17, 15) is 4.79 Å². The molecule has 4 N–H and O–H groups in total. The molecule has 1 saturated heterocycles. The lowest BCUT2D eigenvalue weighted by atomic mass is 10.1. The van der Waals surface area contributed by atoms with Crippen LogP contribution in [0.5, 0.6) is 0 Å². The van der Waals surface area contributed by atoms with E-state index in [1.54, 1.807) is 0 Å². The van der Waals surface area contributed by atoms with E-state index in [2.05, 4.69) is 26.6 Å². The van der Waals surface area contributed by atoms with Crippen LogP contribution >= 0.6 is 0 Å². The number of hydrogen-bond acceptors (Lipinski definition) is 4. The molecule has 3 rings (SSSR count). The molecule has 1 aliphatic heterocycles. The highest BCUT2D eigenvalue weighted by molar-refractivity contribution is 5.92. The molecule has 0 unspecified atom stereocenters. The largest absolute Gasteiger partial charge is 0.379 e. The Labute approximate surface area is 178 Å². The minimum absolute atomic E-state index is 0.0122. The number of nitrogens with one attached hydrogen (secondary N) is 2. The molecule has 1 amide bonds. The van der Waals surface area contributed by atoms with Crippen molar-refractivity contribution in [3.8, 4) is 0 Å². The second-order valence-electron chi connectivity index (χ2n) is 7.66. The van der Waals surface area contributed by atoms with Crippen molar-refractivity contribution in [1.29, 1.82) is 0 Å². The number of nitrogens with zero attached hydrogens (tertiary/aromatic N) is 2. The number of amides is 1. The smallest absolute Gasteiger partial charge is 0.225 e. The second-order valence-corrected chi connectivity index (χ2v) is 7.66. The number of morpholine rings is 1. The molecule has 2 aromatic carbocycles. The van der Waals surface area contributed by atoms with Crippen LogP contribution in [0.2, 0.25) is 0 Å². The van der Waals surface area contributed by atoms with E-state index in [0.717, 1.165) is 49.8 Å². The molecule has 7 heteroatoms. The first-order valence-corrected chi connectivity index (χ1v) is 10.3. The van der Waals surface area contributed by atoms with Crippen LogP contribution in [0.4, 0.5) is 11.4 Å². The molecular formula is C23H31N5O2. The topological polar surface area (TPSA) is 92.0 Å². The van der Waals surface area contributed by atoms with Crippen LogP contribution in [0.1, 0.15) is 23.1 Å². The van der Waals surface area contributed by atoms with Gasteiger partial charge in [0.15, 0.2) is 5.96 Å². The lowest BCUT2D eigenvalue weighted by Gasteiger charge is -2.26. The minimum atomic E-state index is 0.0122. The van der Waals surface area contributed by atoms with Crippen molar-refractivity contribution in [2.75, 3.05) is 43.5 Å². The maximum Gasteiger partial charge on any atom is 0.225 e. The molecule has 2 aromatic rings. The fourth-order valence-corrected chi connectivity index (χ4v) is 3.47. The first-order valence-electron chi connectivity index (χ1n) is 10.3. The number of benzene rings is 2. The summed E-state index contributed by atoms with van der Waals surface area (Å²) in [5.74, 6) is 0.373. The maximum absolute atomic E-state index is 12.3. The van der Waals surface area contributed by atoms with Crippen molar-refractivity contribution < 1.29 is 9.53 Å². The summed E-state index contributed by atoms with van der Waals surface area (Å²) in [6.07, 6.45) is 0.467. The van der Waals surface area contributed by atoms with Gasteiger partial charge in [0, 0.05) is 37.4 Å². The number of nitrogens with two attached hydrogens (primary N) is 1. The Hall–Kier alpha value is -2.90. The van der Waals surface area contributed by atoms with Gasteiger partial charge in [-0.3, -0.25) is 9.69 Å². The summed E-state index contributed by atoms with van der Waals surface area (Å²) < 4.78 is 5.33. The lowest BCUT2D eigenvalue weighted by Crippen LogP contribution is -2.38. The number of rotatable bonds is 7. The molecule has 0 bridgehead atoms. The zero-order valence-corrected chi connectivity index (χ0v) is 17.8. The molecule has 0 aliphatic carbocycles. The van der Waals surface area contributed by atoms with Crippen LogP contribution in [0.15, 0.2) is 47.5 Å². The van der Waals surface area contributed by atoms with E-state index in [0.29, 0.717) is 18.9 Å². The molecule has 160 valence electrons. The molecule has 1 heterocycles. The molecule has 1 aliphatic rings. The summed E-state index contributed by atoms with van der Waals surface area (Å²) in [6.45, 7) is 8.54. The molecule has 30 heavy (non-hydrogen) atoms. The SMILES string of the molecule is Cc1cc(C)cc(NC(N)=NCc2cccc(NC(=O)CCN3CCOCC3)c2)c1. The highest BCUT2D eigenvalue weighted by atomic mass is 16.5.